The molecule has 1 aliphatic rings. The molecule has 0 bridgehead atoms. The molecule has 0 unspecified atom stereocenters. The Kier molecular flexibility index (Phi) is 3.17. The van der Waals surface area contributed by atoms with Gasteiger partial charge in [0.05, 0.1) is 0 Å². The maximum atomic E-state index is 8.78. The van der Waals surface area contributed by atoms with Crippen molar-refractivity contribution < 1.29 is 9.84 Å². The van der Waals surface area contributed by atoms with Crippen LogP contribution >= 0.6 is 0 Å². The highest BCUT2D eigenvalue weighted by atomic mass is 16.6. The lowest BCUT2D eigenvalue weighted by atomic mass is 9.92. The van der Waals surface area contributed by atoms with Gasteiger partial charge in [0.25, 0.3) is 0 Å². The molecular weight excluding hydrogens is 176 g/mol. The summed E-state index contributed by atoms with van der Waals surface area (Å²) in [5.74, 6) is 0.778. The smallest absolute Gasteiger partial charge is 0.186 e. The summed E-state index contributed by atoms with van der Waals surface area (Å²) in [5.41, 5.74) is 2.24. The molecule has 0 atom stereocenters. The van der Waals surface area contributed by atoms with Crippen molar-refractivity contribution >= 4 is 0 Å². The van der Waals surface area contributed by atoms with Gasteiger partial charge >= 0.3 is 0 Å². The van der Waals surface area contributed by atoms with Gasteiger partial charge in [-0.25, -0.2) is 0 Å². The van der Waals surface area contributed by atoms with Crippen molar-refractivity contribution in [2.24, 2.45) is 5.41 Å². The number of hydrogen-bond donors (Lipinski definition) is 1. The molecule has 0 fully saturated rings. The summed E-state index contributed by atoms with van der Waals surface area (Å²) >= 11 is 0. The van der Waals surface area contributed by atoms with E-state index in [9.17, 15) is 0 Å². The van der Waals surface area contributed by atoms with Crippen LogP contribution in [0.3, 0.4) is 0 Å². The zero-order valence-electron chi connectivity index (χ0n) is 9.29. The standard InChI is InChI=1S/C12H18O2/c1-9-5-6-12(3,4)7-11(10(9)2)14-8-13/h5-7,13H,8H2,1-4H3. The van der Waals surface area contributed by atoms with Gasteiger partial charge in [-0.15, -0.1) is 0 Å². The lowest BCUT2D eigenvalue weighted by Gasteiger charge is -2.16. The normalized spacial score (nSPS) is 20.5. The van der Waals surface area contributed by atoms with Crippen molar-refractivity contribution in [1.29, 1.82) is 0 Å². The summed E-state index contributed by atoms with van der Waals surface area (Å²) < 4.78 is 5.20. The van der Waals surface area contributed by atoms with Crippen molar-refractivity contribution in [3.63, 3.8) is 0 Å². The van der Waals surface area contributed by atoms with Crippen molar-refractivity contribution in [3.8, 4) is 0 Å². The van der Waals surface area contributed by atoms with Crippen molar-refractivity contribution in [2.45, 2.75) is 27.7 Å². The largest absolute Gasteiger partial charge is 0.468 e. The minimum absolute atomic E-state index is 0.0243. The van der Waals surface area contributed by atoms with E-state index < -0.39 is 0 Å². The average Bonchev–Trinajstić information content (AvgIpc) is 2.19. The van der Waals surface area contributed by atoms with E-state index >= 15 is 0 Å². The van der Waals surface area contributed by atoms with Crippen molar-refractivity contribution in [2.75, 3.05) is 6.79 Å². The molecule has 1 N–H and O–H groups in total. The maximum Gasteiger partial charge on any atom is 0.186 e. The van der Waals surface area contributed by atoms with Gasteiger partial charge < -0.3 is 9.84 Å². The maximum absolute atomic E-state index is 8.78. The number of aliphatic hydroxyl groups is 1. The summed E-state index contributed by atoms with van der Waals surface area (Å²) in [6.07, 6.45) is 6.27. The van der Waals surface area contributed by atoms with Gasteiger partial charge in [0.1, 0.15) is 5.76 Å². The number of allylic oxidation sites excluding steroid dienone is 5. The van der Waals surface area contributed by atoms with E-state index in [1.54, 1.807) is 0 Å². The van der Waals surface area contributed by atoms with Crippen LogP contribution in [0, 0.1) is 5.41 Å². The first kappa shape index (κ1) is 11.1. The number of rotatable bonds is 2. The number of aliphatic hydroxyl groups excluding tert-OH is 1. The highest BCUT2D eigenvalue weighted by molar-refractivity contribution is 5.39. The quantitative estimate of drug-likeness (QED) is 0.685. The van der Waals surface area contributed by atoms with E-state index in [-0.39, 0.29) is 12.2 Å². The molecule has 2 heteroatoms. The molecule has 0 spiro atoms. The predicted molar refractivity (Wildman–Crippen MR) is 57.5 cm³/mol. The zero-order valence-corrected chi connectivity index (χ0v) is 9.29. The highest BCUT2D eigenvalue weighted by Crippen LogP contribution is 2.30. The molecule has 0 aromatic heterocycles. The predicted octanol–water partition coefficient (Wildman–Crippen LogP) is 2.77. The zero-order chi connectivity index (χ0) is 10.8. The molecular formula is C12H18O2. The number of ether oxygens (including phenoxy) is 1. The molecule has 14 heavy (non-hydrogen) atoms. The highest BCUT2D eigenvalue weighted by Gasteiger charge is 2.17. The molecule has 0 amide bonds. The Labute approximate surface area is 85.6 Å². The third-order valence-corrected chi connectivity index (χ3v) is 2.45. The third-order valence-electron chi connectivity index (χ3n) is 2.45. The van der Waals surface area contributed by atoms with Crippen LogP contribution in [-0.2, 0) is 4.74 Å². The Morgan fingerprint density at radius 1 is 1.36 bits per heavy atom. The molecule has 1 aliphatic carbocycles. The Balaban J connectivity index is 3.10. The van der Waals surface area contributed by atoms with E-state index in [0.29, 0.717) is 0 Å². The summed E-state index contributed by atoms with van der Waals surface area (Å²) in [4.78, 5) is 0. The third kappa shape index (κ3) is 2.48. The van der Waals surface area contributed by atoms with Gasteiger partial charge in [0, 0.05) is 5.41 Å². The van der Waals surface area contributed by atoms with Gasteiger partial charge in [-0.05, 0) is 31.1 Å². The first-order valence-corrected chi connectivity index (χ1v) is 4.80. The van der Waals surface area contributed by atoms with Gasteiger partial charge in [-0.2, -0.15) is 0 Å². The summed E-state index contributed by atoms with van der Waals surface area (Å²) in [7, 11) is 0. The molecule has 0 aliphatic heterocycles. The van der Waals surface area contributed by atoms with E-state index in [1.165, 1.54) is 5.57 Å². The molecule has 0 saturated carbocycles. The fraction of sp³-hybridized carbons (Fsp3) is 0.500. The van der Waals surface area contributed by atoms with Crippen LogP contribution in [0.4, 0.5) is 0 Å². The van der Waals surface area contributed by atoms with E-state index in [1.807, 2.05) is 19.9 Å². The SMILES string of the molecule is CC1=C(C)C(OCO)=CC(C)(C)C=C1. The van der Waals surface area contributed by atoms with E-state index in [4.69, 9.17) is 9.84 Å². The monoisotopic (exact) mass is 194 g/mol. The molecule has 1 rings (SSSR count). The average molecular weight is 194 g/mol. The summed E-state index contributed by atoms with van der Waals surface area (Å²) in [5, 5.41) is 8.78. The van der Waals surface area contributed by atoms with Gasteiger partial charge in [0.15, 0.2) is 6.79 Å². The first-order chi connectivity index (χ1) is 6.46. The van der Waals surface area contributed by atoms with Crippen molar-refractivity contribution in [1.82, 2.24) is 0 Å². The van der Waals surface area contributed by atoms with Crippen LogP contribution in [0.5, 0.6) is 0 Å². The fourth-order valence-corrected chi connectivity index (χ4v) is 1.37. The van der Waals surface area contributed by atoms with Crippen molar-refractivity contribution in [3.05, 3.63) is 35.1 Å². The molecule has 0 aromatic carbocycles. The Morgan fingerprint density at radius 2 is 2.00 bits per heavy atom. The fourth-order valence-electron chi connectivity index (χ4n) is 1.37. The van der Waals surface area contributed by atoms with Gasteiger partial charge in [0.2, 0.25) is 0 Å². The van der Waals surface area contributed by atoms with Crippen LogP contribution < -0.4 is 0 Å². The molecule has 0 aromatic rings. The molecule has 0 heterocycles. The minimum Gasteiger partial charge on any atom is -0.468 e. The van der Waals surface area contributed by atoms with Crippen LogP contribution in [-0.4, -0.2) is 11.9 Å². The second kappa shape index (κ2) is 4.01. The number of hydrogen-bond acceptors (Lipinski definition) is 2. The Morgan fingerprint density at radius 3 is 2.57 bits per heavy atom. The lowest BCUT2D eigenvalue weighted by Crippen LogP contribution is -2.05. The van der Waals surface area contributed by atoms with E-state index in [0.717, 1.165) is 11.3 Å². The molecule has 78 valence electrons. The Bertz CT molecular complexity index is 306. The summed E-state index contributed by atoms with van der Waals surface area (Å²) in [6.45, 7) is 7.99. The van der Waals surface area contributed by atoms with Crippen LogP contribution in [0.1, 0.15) is 27.7 Å². The molecule has 2 nitrogen and oxygen atoms in total. The van der Waals surface area contributed by atoms with Crippen LogP contribution in [0.25, 0.3) is 0 Å². The molecule has 0 saturated heterocycles. The first-order valence-electron chi connectivity index (χ1n) is 4.80. The second-order valence-electron chi connectivity index (χ2n) is 4.24. The topological polar surface area (TPSA) is 29.5 Å². The summed E-state index contributed by atoms with van der Waals surface area (Å²) in [6, 6.07) is 0. The minimum atomic E-state index is -0.271. The second-order valence-corrected chi connectivity index (χ2v) is 4.24. The van der Waals surface area contributed by atoms with E-state index in [2.05, 4.69) is 26.0 Å². The molecule has 0 radical (unpaired) electrons. The lowest BCUT2D eigenvalue weighted by molar-refractivity contribution is 0.0447. The van der Waals surface area contributed by atoms with Crippen LogP contribution in [0.15, 0.2) is 35.1 Å². The Hall–Kier alpha value is -1.02. The van der Waals surface area contributed by atoms with Gasteiger partial charge in [-0.3, -0.25) is 0 Å². The van der Waals surface area contributed by atoms with Crippen LogP contribution in [0.2, 0.25) is 0 Å². The van der Waals surface area contributed by atoms with Gasteiger partial charge in [-0.1, -0.05) is 26.0 Å².